The van der Waals surface area contributed by atoms with Crippen molar-refractivity contribution in [2.75, 3.05) is 19.0 Å². The van der Waals surface area contributed by atoms with Gasteiger partial charge in [-0.2, -0.15) is 0 Å². The highest BCUT2D eigenvalue weighted by Crippen LogP contribution is 2.18. The largest absolute Gasteiger partial charge is 0.465 e. The number of pyridine rings is 1. The molecule has 0 spiro atoms. The fourth-order valence-corrected chi connectivity index (χ4v) is 2.54. The van der Waals surface area contributed by atoms with Gasteiger partial charge in [0.15, 0.2) is 6.61 Å². The molecule has 3 rings (SSSR count). The first kappa shape index (κ1) is 18.1. The lowest BCUT2D eigenvalue weighted by molar-refractivity contribution is -0.119. The first-order valence-corrected chi connectivity index (χ1v) is 8.08. The molecule has 0 aliphatic rings. The van der Waals surface area contributed by atoms with Gasteiger partial charge in [0.1, 0.15) is 0 Å². The lowest BCUT2D eigenvalue weighted by Crippen LogP contribution is -2.22. The Balaban J connectivity index is 1.68. The van der Waals surface area contributed by atoms with Crippen molar-refractivity contribution in [2.45, 2.75) is 0 Å². The van der Waals surface area contributed by atoms with Crippen molar-refractivity contribution in [3.8, 4) is 0 Å². The predicted octanol–water partition coefficient (Wildman–Crippen LogP) is 2.82. The third-order valence-electron chi connectivity index (χ3n) is 3.79. The summed E-state index contributed by atoms with van der Waals surface area (Å²) < 4.78 is 9.76. The molecular weight excluding hydrogens is 348 g/mol. The van der Waals surface area contributed by atoms with Crippen LogP contribution in [0, 0.1) is 0 Å². The molecule has 7 heteroatoms. The number of nitrogens with one attached hydrogen (secondary N) is 1. The summed E-state index contributed by atoms with van der Waals surface area (Å²) >= 11 is 0. The van der Waals surface area contributed by atoms with Crippen LogP contribution in [-0.4, -0.2) is 36.5 Å². The van der Waals surface area contributed by atoms with E-state index in [1.807, 2.05) is 12.1 Å². The number of anilines is 1. The highest BCUT2D eigenvalue weighted by Gasteiger charge is 2.16. The number of amides is 1. The molecule has 0 radical (unpaired) electrons. The zero-order chi connectivity index (χ0) is 19.2. The van der Waals surface area contributed by atoms with Crippen LogP contribution in [0.3, 0.4) is 0 Å². The molecule has 0 aliphatic heterocycles. The number of rotatable bonds is 5. The van der Waals surface area contributed by atoms with Crippen LogP contribution in [0.5, 0.6) is 0 Å². The zero-order valence-electron chi connectivity index (χ0n) is 14.5. The molecular formula is C20H16N2O5. The van der Waals surface area contributed by atoms with E-state index in [4.69, 9.17) is 4.74 Å². The normalized spacial score (nSPS) is 10.3. The van der Waals surface area contributed by atoms with E-state index in [1.165, 1.54) is 13.2 Å². The zero-order valence-corrected chi connectivity index (χ0v) is 14.5. The van der Waals surface area contributed by atoms with Crippen molar-refractivity contribution >= 4 is 34.4 Å². The van der Waals surface area contributed by atoms with Gasteiger partial charge in [-0.3, -0.25) is 9.78 Å². The number of carbonyl (C=O) groups excluding carboxylic acids is 3. The highest BCUT2D eigenvalue weighted by molar-refractivity contribution is 6.05. The molecule has 1 heterocycles. The van der Waals surface area contributed by atoms with Crippen molar-refractivity contribution in [1.82, 2.24) is 4.98 Å². The monoisotopic (exact) mass is 364 g/mol. The van der Waals surface area contributed by atoms with Crippen molar-refractivity contribution in [2.24, 2.45) is 0 Å². The summed E-state index contributed by atoms with van der Waals surface area (Å²) in [5.74, 6) is -1.81. The highest BCUT2D eigenvalue weighted by atomic mass is 16.5. The van der Waals surface area contributed by atoms with Gasteiger partial charge in [0.25, 0.3) is 5.91 Å². The topological polar surface area (TPSA) is 94.6 Å². The van der Waals surface area contributed by atoms with Gasteiger partial charge in [0, 0.05) is 11.6 Å². The van der Waals surface area contributed by atoms with E-state index in [0.717, 1.165) is 5.39 Å². The maximum Gasteiger partial charge on any atom is 0.340 e. The number of carbonyl (C=O) groups is 3. The number of esters is 2. The number of para-hydroxylation sites is 2. The summed E-state index contributed by atoms with van der Waals surface area (Å²) in [5, 5.41) is 3.33. The van der Waals surface area contributed by atoms with Crippen LogP contribution in [0.25, 0.3) is 10.9 Å². The van der Waals surface area contributed by atoms with Crippen LogP contribution in [0.1, 0.15) is 20.7 Å². The first-order chi connectivity index (χ1) is 13.1. The van der Waals surface area contributed by atoms with E-state index in [0.29, 0.717) is 5.52 Å². The van der Waals surface area contributed by atoms with Gasteiger partial charge in [0.2, 0.25) is 0 Å². The number of nitrogens with zero attached hydrogens (tertiary/aromatic N) is 1. The number of fused-ring (bicyclic) bond motifs is 1. The second-order valence-electron chi connectivity index (χ2n) is 5.54. The standard InChI is InChI=1S/C20H16N2O5/c1-26-19(24)14-8-2-3-10-16(14)22-17(23)12-27-20(25)15-9-4-6-13-7-5-11-21-18(13)15/h2-11H,12H2,1H3,(H,22,23). The third-order valence-corrected chi connectivity index (χ3v) is 3.79. The van der Waals surface area contributed by atoms with Crippen LogP contribution >= 0.6 is 0 Å². The summed E-state index contributed by atoms with van der Waals surface area (Å²) in [6.45, 7) is -0.502. The Hall–Kier alpha value is -3.74. The first-order valence-electron chi connectivity index (χ1n) is 8.08. The average molecular weight is 364 g/mol. The molecule has 0 atom stereocenters. The van der Waals surface area contributed by atoms with Crippen LogP contribution in [0.2, 0.25) is 0 Å². The van der Waals surface area contributed by atoms with Gasteiger partial charge in [-0.1, -0.05) is 30.3 Å². The molecule has 0 fully saturated rings. The average Bonchev–Trinajstić information content (AvgIpc) is 2.71. The Morgan fingerprint density at radius 3 is 2.48 bits per heavy atom. The van der Waals surface area contributed by atoms with Crippen molar-refractivity contribution in [1.29, 1.82) is 0 Å². The molecule has 0 unspecified atom stereocenters. The summed E-state index contributed by atoms with van der Waals surface area (Å²) in [6, 6.07) is 15.1. The molecule has 0 saturated carbocycles. The second-order valence-corrected chi connectivity index (χ2v) is 5.54. The molecule has 0 aliphatic carbocycles. The summed E-state index contributed by atoms with van der Waals surface area (Å²) in [7, 11) is 1.25. The molecule has 0 bridgehead atoms. The lowest BCUT2D eigenvalue weighted by Gasteiger charge is -2.10. The summed E-state index contributed by atoms with van der Waals surface area (Å²) in [6.07, 6.45) is 1.58. The Morgan fingerprint density at radius 1 is 0.926 bits per heavy atom. The molecule has 27 heavy (non-hydrogen) atoms. The number of benzene rings is 2. The maximum atomic E-state index is 12.3. The summed E-state index contributed by atoms with van der Waals surface area (Å²) in [4.78, 5) is 40.3. The van der Waals surface area contributed by atoms with E-state index in [1.54, 1.807) is 42.6 Å². The minimum Gasteiger partial charge on any atom is -0.465 e. The maximum absolute atomic E-state index is 12.3. The molecule has 136 valence electrons. The Labute approximate surface area is 154 Å². The predicted molar refractivity (Wildman–Crippen MR) is 98.4 cm³/mol. The van der Waals surface area contributed by atoms with Gasteiger partial charge in [-0.05, 0) is 24.3 Å². The molecule has 0 saturated heterocycles. The molecule has 2 aromatic carbocycles. The second kappa shape index (κ2) is 8.09. The summed E-state index contributed by atoms with van der Waals surface area (Å²) in [5.41, 5.74) is 1.26. The van der Waals surface area contributed by atoms with Crippen LogP contribution in [0.4, 0.5) is 5.69 Å². The quantitative estimate of drug-likeness (QED) is 0.700. The molecule has 1 amide bonds. The number of methoxy groups -OCH3 is 1. The van der Waals surface area contributed by atoms with Crippen molar-refractivity contribution in [3.63, 3.8) is 0 Å². The van der Waals surface area contributed by atoms with E-state index in [2.05, 4.69) is 15.0 Å². The lowest BCUT2D eigenvalue weighted by atomic mass is 10.1. The van der Waals surface area contributed by atoms with E-state index >= 15 is 0 Å². The number of hydrogen-bond donors (Lipinski definition) is 1. The van der Waals surface area contributed by atoms with Crippen molar-refractivity contribution < 1.29 is 23.9 Å². The van der Waals surface area contributed by atoms with Crippen LogP contribution in [0.15, 0.2) is 60.8 Å². The molecule has 3 aromatic rings. The van der Waals surface area contributed by atoms with E-state index in [9.17, 15) is 14.4 Å². The van der Waals surface area contributed by atoms with Gasteiger partial charge >= 0.3 is 11.9 Å². The SMILES string of the molecule is COC(=O)c1ccccc1NC(=O)COC(=O)c1cccc2cccnc12. The Bertz CT molecular complexity index is 1010. The van der Waals surface area contributed by atoms with E-state index in [-0.39, 0.29) is 16.8 Å². The van der Waals surface area contributed by atoms with E-state index < -0.39 is 24.5 Å². The number of aromatic nitrogens is 1. The van der Waals surface area contributed by atoms with Crippen molar-refractivity contribution in [3.05, 3.63) is 71.9 Å². The van der Waals surface area contributed by atoms with Gasteiger partial charge in [-0.15, -0.1) is 0 Å². The third kappa shape index (κ3) is 4.09. The van der Waals surface area contributed by atoms with Gasteiger partial charge in [0.05, 0.1) is 29.4 Å². The Kier molecular flexibility index (Phi) is 5.41. The molecule has 1 N–H and O–H groups in total. The molecule has 7 nitrogen and oxygen atoms in total. The van der Waals surface area contributed by atoms with Crippen LogP contribution in [-0.2, 0) is 14.3 Å². The van der Waals surface area contributed by atoms with Gasteiger partial charge < -0.3 is 14.8 Å². The minimum absolute atomic E-state index is 0.206. The minimum atomic E-state index is -0.657. The smallest absolute Gasteiger partial charge is 0.340 e. The van der Waals surface area contributed by atoms with Crippen LogP contribution < -0.4 is 5.32 Å². The molecule has 1 aromatic heterocycles. The Morgan fingerprint density at radius 2 is 1.67 bits per heavy atom. The number of ether oxygens (including phenoxy) is 2. The number of hydrogen-bond acceptors (Lipinski definition) is 6. The fourth-order valence-electron chi connectivity index (χ4n) is 2.54. The van der Waals surface area contributed by atoms with Gasteiger partial charge in [-0.25, -0.2) is 9.59 Å². The fraction of sp³-hybridized carbons (Fsp3) is 0.100.